The Hall–Kier alpha value is -0.660. The van der Waals surface area contributed by atoms with Crippen molar-refractivity contribution in [1.82, 2.24) is 15.1 Å². The number of hydrogen-bond donors (Lipinski definition) is 2. The van der Waals surface area contributed by atoms with E-state index >= 15 is 0 Å². The number of carbonyl (C=O) groups excluding carboxylic acids is 1. The molecule has 2 aliphatic rings. The monoisotopic (exact) mass is 329 g/mol. The largest absolute Gasteiger partial charge is 0.392 e. The molecule has 2 saturated heterocycles. The van der Waals surface area contributed by atoms with Crippen LogP contribution in [0.1, 0.15) is 11.3 Å². The number of hydrogen-bond acceptors (Lipinski definition) is 5. The lowest BCUT2D eigenvalue weighted by Gasteiger charge is -2.35. The van der Waals surface area contributed by atoms with Crippen LogP contribution in [-0.2, 0) is 11.3 Å². The van der Waals surface area contributed by atoms with Crippen molar-refractivity contribution in [1.29, 1.82) is 0 Å². The fourth-order valence-corrected chi connectivity index (χ4v) is 4.04. The van der Waals surface area contributed by atoms with Crippen molar-refractivity contribution in [2.75, 3.05) is 32.7 Å². The first-order valence-corrected chi connectivity index (χ1v) is 8.48. The maximum atomic E-state index is 12.3. The highest BCUT2D eigenvalue weighted by Crippen LogP contribution is 2.23. The first-order valence-electron chi connectivity index (χ1n) is 7.28. The molecule has 0 unspecified atom stereocenters. The van der Waals surface area contributed by atoms with Gasteiger partial charge in [-0.1, -0.05) is 11.6 Å². The summed E-state index contributed by atoms with van der Waals surface area (Å²) in [4.78, 5) is 17.9. The lowest BCUT2D eigenvalue weighted by atomic mass is 10.1. The Morgan fingerprint density at radius 2 is 2.14 bits per heavy atom. The number of aliphatic hydroxyl groups excluding tert-OH is 1. The Labute approximate surface area is 133 Å². The van der Waals surface area contributed by atoms with Crippen molar-refractivity contribution in [2.45, 2.75) is 25.1 Å². The lowest BCUT2D eigenvalue weighted by molar-refractivity contribution is -0.135. The molecule has 2 atom stereocenters. The first kappa shape index (κ1) is 15.2. The van der Waals surface area contributed by atoms with Gasteiger partial charge in [-0.05, 0) is 18.6 Å². The molecule has 1 aromatic heterocycles. The molecule has 116 valence electrons. The number of thiophene rings is 1. The van der Waals surface area contributed by atoms with Gasteiger partial charge in [-0.15, -0.1) is 11.3 Å². The number of nitrogens with one attached hydrogen (secondary N) is 1. The van der Waals surface area contributed by atoms with Crippen LogP contribution in [0.15, 0.2) is 12.1 Å². The summed E-state index contributed by atoms with van der Waals surface area (Å²) in [5.74, 6) is 0.130. The fourth-order valence-electron chi connectivity index (χ4n) is 2.91. The number of halogens is 1. The van der Waals surface area contributed by atoms with Gasteiger partial charge in [0.2, 0.25) is 5.91 Å². The molecule has 21 heavy (non-hydrogen) atoms. The van der Waals surface area contributed by atoms with Crippen molar-refractivity contribution in [3.63, 3.8) is 0 Å². The highest BCUT2D eigenvalue weighted by Gasteiger charge is 2.32. The van der Waals surface area contributed by atoms with Gasteiger partial charge >= 0.3 is 0 Å². The van der Waals surface area contributed by atoms with Gasteiger partial charge in [-0.2, -0.15) is 0 Å². The number of amides is 1. The summed E-state index contributed by atoms with van der Waals surface area (Å²) in [6, 6.07) is 3.79. The Balaban J connectivity index is 1.47. The molecule has 0 aliphatic carbocycles. The van der Waals surface area contributed by atoms with Crippen LogP contribution >= 0.6 is 22.9 Å². The van der Waals surface area contributed by atoms with Crippen LogP contribution in [0.25, 0.3) is 0 Å². The van der Waals surface area contributed by atoms with E-state index in [-0.39, 0.29) is 18.1 Å². The van der Waals surface area contributed by atoms with Crippen LogP contribution < -0.4 is 5.32 Å². The number of piperazine rings is 1. The third-order valence-electron chi connectivity index (χ3n) is 4.10. The van der Waals surface area contributed by atoms with Crippen molar-refractivity contribution >= 4 is 28.8 Å². The number of β-amino-alcohol motifs (C(OH)–C–C–N with tert-alkyl or cyclic N) is 1. The highest BCUT2D eigenvalue weighted by atomic mass is 35.5. The topological polar surface area (TPSA) is 55.8 Å². The molecule has 2 N–H and O–H groups in total. The summed E-state index contributed by atoms with van der Waals surface area (Å²) >= 11 is 7.56. The van der Waals surface area contributed by atoms with E-state index in [1.54, 1.807) is 11.3 Å². The molecule has 3 heterocycles. The standard InChI is InChI=1S/C14H20ClN3O2S/c15-13-2-1-11(21-13)9-17-3-5-18(6-4-17)14(20)12-7-10(19)8-16-12/h1-2,10,12,16,19H,3-9H2/t10-,12-/m1/s1. The molecule has 0 saturated carbocycles. The molecular formula is C14H20ClN3O2S. The quantitative estimate of drug-likeness (QED) is 0.860. The average Bonchev–Trinajstić information content (AvgIpc) is 3.08. The SMILES string of the molecule is O=C([C@H]1C[C@@H](O)CN1)N1CCN(Cc2ccc(Cl)s2)CC1. The molecular weight excluding hydrogens is 310 g/mol. The van der Waals surface area contributed by atoms with Gasteiger partial charge < -0.3 is 15.3 Å². The summed E-state index contributed by atoms with van der Waals surface area (Å²) in [6.45, 7) is 4.71. The van der Waals surface area contributed by atoms with Gasteiger partial charge in [0.1, 0.15) is 0 Å². The van der Waals surface area contributed by atoms with Crippen molar-refractivity contribution in [2.24, 2.45) is 0 Å². The number of nitrogens with zero attached hydrogens (tertiary/aromatic N) is 2. The summed E-state index contributed by atoms with van der Waals surface area (Å²) in [5.41, 5.74) is 0. The molecule has 0 spiro atoms. The van der Waals surface area contributed by atoms with E-state index in [0.717, 1.165) is 37.1 Å². The Kier molecular flexibility index (Phi) is 4.81. The third kappa shape index (κ3) is 3.76. The number of rotatable bonds is 3. The Bertz CT molecular complexity index is 502. The van der Waals surface area contributed by atoms with Gasteiger partial charge in [-0.3, -0.25) is 9.69 Å². The molecule has 3 rings (SSSR count). The minimum Gasteiger partial charge on any atom is -0.392 e. The van der Waals surface area contributed by atoms with Gasteiger partial charge in [0.15, 0.2) is 0 Å². The van der Waals surface area contributed by atoms with Crippen LogP contribution in [-0.4, -0.2) is 65.7 Å². The van der Waals surface area contributed by atoms with Gasteiger partial charge in [0.05, 0.1) is 16.5 Å². The van der Waals surface area contributed by atoms with E-state index in [2.05, 4.69) is 16.3 Å². The maximum absolute atomic E-state index is 12.3. The van der Waals surface area contributed by atoms with E-state index in [1.807, 2.05) is 11.0 Å². The zero-order valence-electron chi connectivity index (χ0n) is 11.8. The second kappa shape index (κ2) is 6.62. The average molecular weight is 330 g/mol. The Morgan fingerprint density at radius 3 is 2.71 bits per heavy atom. The first-order chi connectivity index (χ1) is 10.1. The zero-order valence-corrected chi connectivity index (χ0v) is 13.4. The van der Waals surface area contributed by atoms with E-state index in [1.165, 1.54) is 4.88 Å². The summed E-state index contributed by atoms with van der Waals surface area (Å²) in [5, 5.41) is 12.6. The molecule has 1 aromatic rings. The van der Waals surface area contributed by atoms with Crippen LogP contribution in [0.2, 0.25) is 4.34 Å². The van der Waals surface area contributed by atoms with Crippen LogP contribution in [0.3, 0.4) is 0 Å². The van der Waals surface area contributed by atoms with E-state index in [0.29, 0.717) is 13.0 Å². The zero-order chi connectivity index (χ0) is 14.8. The van der Waals surface area contributed by atoms with Crippen molar-refractivity contribution in [3.05, 3.63) is 21.3 Å². The maximum Gasteiger partial charge on any atom is 0.239 e. The summed E-state index contributed by atoms with van der Waals surface area (Å²) < 4.78 is 0.824. The minimum absolute atomic E-state index is 0.130. The van der Waals surface area contributed by atoms with Gasteiger partial charge in [0.25, 0.3) is 0 Å². The fraction of sp³-hybridized carbons (Fsp3) is 0.643. The van der Waals surface area contributed by atoms with Crippen molar-refractivity contribution < 1.29 is 9.90 Å². The molecule has 2 fully saturated rings. The normalized spacial score (nSPS) is 27.2. The highest BCUT2D eigenvalue weighted by molar-refractivity contribution is 7.16. The second-order valence-electron chi connectivity index (χ2n) is 5.66. The molecule has 1 amide bonds. The molecule has 0 bridgehead atoms. The van der Waals surface area contributed by atoms with E-state index in [4.69, 9.17) is 11.6 Å². The van der Waals surface area contributed by atoms with Gasteiger partial charge in [-0.25, -0.2) is 0 Å². The molecule has 0 radical (unpaired) electrons. The predicted octanol–water partition coefficient (Wildman–Crippen LogP) is 0.769. The smallest absolute Gasteiger partial charge is 0.239 e. The van der Waals surface area contributed by atoms with E-state index < -0.39 is 0 Å². The summed E-state index contributed by atoms with van der Waals surface area (Å²) in [7, 11) is 0. The summed E-state index contributed by atoms with van der Waals surface area (Å²) in [6.07, 6.45) is 0.149. The number of aliphatic hydroxyl groups is 1. The second-order valence-corrected chi connectivity index (χ2v) is 7.46. The predicted molar refractivity (Wildman–Crippen MR) is 83.6 cm³/mol. The molecule has 0 aromatic carbocycles. The number of carbonyl (C=O) groups is 1. The third-order valence-corrected chi connectivity index (χ3v) is 5.31. The molecule has 7 heteroatoms. The lowest BCUT2D eigenvalue weighted by Crippen LogP contribution is -2.52. The van der Waals surface area contributed by atoms with Crippen LogP contribution in [0.4, 0.5) is 0 Å². The van der Waals surface area contributed by atoms with Crippen LogP contribution in [0.5, 0.6) is 0 Å². The van der Waals surface area contributed by atoms with Crippen LogP contribution in [0, 0.1) is 0 Å². The van der Waals surface area contributed by atoms with E-state index in [9.17, 15) is 9.90 Å². The minimum atomic E-state index is -0.385. The molecule has 5 nitrogen and oxygen atoms in total. The van der Waals surface area contributed by atoms with Gasteiger partial charge in [0, 0.05) is 44.1 Å². The molecule has 2 aliphatic heterocycles. The van der Waals surface area contributed by atoms with Crippen molar-refractivity contribution in [3.8, 4) is 0 Å². The Morgan fingerprint density at radius 1 is 1.38 bits per heavy atom.